The SMILES string of the molecule is COC(=O)c1sc(SCCOC(=O)c2ccccc2Cl)c2c1CC(C)(C)CC2=O. The number of carbonyl (C=O) groups excluding carboxylic acids is 3. The van der Waals surface area contributed by atoms with Crippen LogP contribution in [0.15, 0.2) is 28.5 Å². The Bertz CT molecular complexity index is 964. The van der Waals surface area contributed by atoms with Crippen LogP contribution in [0, 0.1) is 5.41 Å². The molecular formula is C21H21ClO5S2. The van der Waals surface area contributed by atoms with Gasteiger partial charge in [0.2, 0.25) is 0 Å². The molecule has 1 heterocycles. The molecule has 0 aliphatic heterocycles. The highest BCUT2D eigenvalue weighted by Crippen LogP contribution is 2.45. The van der Waals surface area contributed by atoms with Crippen molar-refractivity contribution in [2.24, 2.45) is 5.41 Å². The number of Topliss-reactive ketones (excluding diaryl/α,β-unsaturated/α-hetero) is 1. The number of esters is 2. The first-order valence-electron chi connectivity index (χ1n) is 9.05. The van der Waals surface area contributed by atoms with Gasteiger partial charge >= 0.3 is 11.9 Å². The minimum atomic E-state index is -0.488. The summed E-state index contributed by atoms with van der Waals surface area (Å²) in [6.07, 6.45) is 1.09. The number of ketones is 1. The van der Waals surface area contributed by atoms with Crippen LogP contribution in [0.3, 0.4) is 0 Å². The molecule has 0 atom stereocenters. The number of halogens is 1. The van der Waals surface area contributed by atoms with Crippen LogP contribution in [0.25, 0.3) is 0 Å². The molecule has 0 amide bonds. The number of methoxy groups -OCH3 is 1. The highest BCUT2D eigenvalue weighted by Gasteiger charge is 2.37. The van der Waals surface area contributed by atoms with Gasteiger partial charge in [0.1, 0.15) is 11.5 Å². The summed E-state index contributed by atoms with van der Waals surface area (Å²) in [5.41, 5.74) is 1.52. The van der Waals surface area contributed by atoms with Crippen molar-refractivity contribution >= 4 is 52.4 Å². The van der Waals surface area contributed by atoms with Gasteiger partial charge in [0.25, 0.3) is 0 Å². The van der Waals surface area contributed by atoms with Crippen molar-refractivity contribution in [3.63, 3.8) is 0 Å². The number of thioether (sulfide) groups is 1. The molecule has 154 valence electrons. The molecule has 1 aromatic carbocycles. The van der Waals surface area contributed by atoms with Crippen molar-refractivity contribution in [1.82, 2.24) is 0 Å². The van der Waals surface area contributed by atoms with E-state index in [4.69, 9.17) is 21.1 Å². The van der Waals surface area contributed by atoms with Crippen molar-refractivity contribution < 1.29 is 23.9 Å². The van der Waals surface area contributed by atoms with E-state index in [9.17, 15) is 14.4 Å². The monoisotopic (exact) mass is 452 g/mol. The molecule has 1 aliphatic carbocycles. The minimum absolute atomic E-state index is 0.0400. The maximum atomic E-state index is 12.8. The van der Waals surface area contributed by atoms with Gasteiger partial charge in [-0.15, -0.1) is 23.1 Å². The number of benzene rings is 1. The van der Waals surface area contributed by atoms with E-state index in [2.05, 4.69) is 0 Å². The second-order valence-electron chi connectivity index (χ2n) is 7.47. The van der Waals surface area contributed by atoms with Crippen LogP contribution >= 0.6 is 34.7 Å². The molecule has 8 heteroatoms. The minimum Gasteiger partial charge on any atom is -0.465 e. The van der Waals surface area contributed by atoms with Crippen molar-refractivity contribution in [3.8, 4) is 0 Å². The fourth-order valence-electron chi connectivity index (χ4n) is 3.29. The van der Waals surface area contributed by atoms with Crippen molar-refractivity contribution in [3.05, 3.63) is 50.9 Å². The fourth-order valence-corrected chi connectivity index (χ4v) is 5.96. The van der Waals surface area contributed by atoms with E-state index in [1.165, 1.54) is 30.2 Å². The third-order valence-electron chi connectivity index (χ3n) is 4.56. The molecule has 0 unspecified atom stereocenters. The number of ether oxygens (including phenoxy) is 2. The summed E-state index contributed by atoms with van der Waals surface area (Å²) >= 11 is 8.69. The smallest absolute Gasteiger partial charge is 0.348 e. The molecule has 1 aliphatic rings. The van der Waals surface area contributed by atoms with Crippen LogP contribution < -0.4 is 0 Å². The number of rotatable bonds is 6. The number of thiophene rings is 1. The Kier molecular flexibility index (Phi) is 6.71. The van der Waals surface area contributed by atoms with Gasteiger partial charge in [-0.1, -0.05) is 37.6 Å². The van der Waals surface area contributed by atoms with Crippen LogP contribution in [0.1, 0.15) is 56.2 Å². The summed E-state index contributed by atoms with van der Waals surface area (Å²) in [5, 5.41) is 0.341. The molecule has 2 aromatic rings. The molecule has 0 radical (unpaired) electrons. The van der Waals surface area contributed by atoms with Gasteiger partial charge in [-0.2, -0.15) is 0 Å². The highest BCUT2D eigenvalue weighted by atomic mass is 35.5. The Hall–Kier alpha value is -1.83. The van der Waals surface area contributed by atoms with Crippen LogP contribution in [-0.2, 0) is 15.9 Å². The average Bonchev–Trinajstić information content (AvgIpc) is 3.02. The standard InChI is InChI=1S/C21H21ClO5S2/c1-21(2)10-13-16(15(23)11-21)20(29-17(13)19(25)26-3)28-9-8-27-18(24)12-6-4-5-7-14(12)22/h4-7H,8-11H2,1-3H3. The molecule has 3 rings (SSSR count). The molecule has 0 bridgehead atoms. The summed E-state index contributed by atoms with van der Waals surface area (Å²) < 4.78 is 11.0. The zero-order chi connectivity index (χ0) is 21.2. The van der Waals surface area contributed by atoms with E-state index in [0.717, 1.165) is 9.77 Å². The number of carbonyl (C=O) groups is 3. The van der Waals surface area contributed by atoms with E-state index in [-0.39, 0.29) is 17.8 Å². The molecule has 0 saturated carbocycles. The quantitative estimate of drug-likeness (QED) is 0.337. The van der Waals surface area contributed by atoms with Crippen LogP contribution in [0.2, 0.25) is 5.02 Å². The van der Waals surface area contributed by atoms with Gasteiger partial charge in [0.15, 0.2) is 5.78 Å². The molecule has 29 heavy (non-hydrogen) atoms. The lowest BCUT2D eigenvalue weighted by Gasteiger charge is -2.29. The summed E-state index contributed by atoms with van der Waals surface area (Å²) in [5.74, 6) is -0.412. The second kappa shape index (κ2) is 8.90. The second-order valence-corrected chi connectivity index (χ2v) is 10.3. The normalized spacial score (nSPS) is 15.0. The predicted octanol–water partition coefficient (Wildman–Crippen LogP) is 5.29. The summed E-state index contributed by atoms with van der Waals surface area (Å²) in [6.45, 7) is 4.20. The first-order valence-corrected chi connectivity index (χ1v) is 11.2. The predicted molar refractivity (Wildman–Crippen MR) is 115 cm³/mol. The average molecular weight is 453 g/mol. The molecular weight excluding hydrogens is 432 g/mol. The van der Waals surface area contributed by atoms with Gasteiger partial charge < -0.3 is 9.47 Å². The van der Waals surface area contributed by atoms with E-state index in [1.807, 2.05) is 13.8 Å². The Morgan fingerprint density at radius 1 is 1.21 bits per heavy atom. The van der Waals surface area contributed by atoms with E-state index in [1.54, 1.807) is 24.3 Å². The van der Waals surface area contributed by atoms with E-state index >= 15 is 0 Å². The maximum Gasteiger partial charge on any atom is 0.348 e. The topological polar surface area (TPSA) is 69.7 Å². The van der Waals surface area contributed by atoms with Gasteiger partial charge in [-0.05, 0) is 29.5 Å². The number of hydrogen-bond acceptors (Lipinski definition) is 7. The molecule has 0 spiro atoms. The summed E-state index contributed by atoms with van der Waals surface area (Å²) in [7, 11) is 1.34. The third-order valence-corrected chi connectivity index (χ3v) is 7.34. The zero-order valence-electron chi connectivity index (χ0n) is 16.4. The van der Waals surface area contributed by atoms with Crippen LogP contribution in [-0.4, -0.2) is 37.2 Å². The zero-order valence-corrected chi connectivity index (χ0v) is 18.8. The van der Waals surface area contributed by atoms with Gasteiger partial charge in [0, 0.05) is 17.7 Å². The van der Waals surface area contributed by atoms with E-state index in [0.29, 0.717) is 39.6 Å². The van der Waals surface area contributed by atoms with Crippen molar-refractivity contribution in [2.45, 2.75) is 30.9 Å². The van der Waals surface area contributed by atoms with Crippen molar-refractivity contribution in [2.75, 3.05) is 19.5 Å². The molecule has 1 aromatic heterocycles. The highest BCUT2D eigenvalue weighted by molar-refractivity contribution is 8.01. The lowest BCUT2D eigenvalue weighted by Crippen LogP contribution is -2.27. The largest absolute Gasteiger partial charge is 0.465 e. The third kappa shape index (κ3) is 4.85. The van der Waals surface area contributed by atoms with Crippen LogP contribution in [0.5, 0.6) is 0 Å². The lowest BCUT2D eigenvalue weighted by molar-refractivity contribution is 0.0529. The molecule has 0 fully saturated rings. The number of fused-ring (bicyclic) bond motifs is 1. The molecule has 5 nitrogen and oxygen atoms in total. The first kappa shape index (κ1) is 21.9. The maximum absolute atomic E-state index is 12.8. The Morgan fingerprint density at radius 3 is 2.62 bits per heavy atom. The number of hydrogen-bond donors (Lipinski definition) is 0. The van der Waals surface area contributed by atoms with Gasteiger partial charge in [-0.25, -0.2) is 9.59 Å². The molecule has 0 saturated heterocycles. The fraction of sp³-hybridized carbons (Fsp3) is 0.381. The first-order chi connectivity index (χ1) is 13.7. The Balaban J connectivity index is 1.71. The lowest BCUT2D eigenvalue weighted by atomic mass is 9.74. The van der Waals surface area contributed by atoms with E-state index < -0.39 is 11.9 Å². The Morgan fingerprint density at radius 2 is 1.93 bits per heavy atom. The Labute approximate surface area is 182 Å². The molecule has 0 N–H and O–H groups in total. The van der Waals surface area contributed by atoms with Crippen LogP contribution in [0.4, 0.5) is 0 Å². The van der Waals surface area contributed by atoms with Gasteiger partial charge in [0.05, 0.1) is 21.9 Å². The van der Waals surface area contributed by atoms with Gasteiger partial charge in [-0.3, -0.25) is 4.79 Å². The van der Waals surface area contributed by atoms with Crippen molar-refractivity contribution in [1.29, 1.82) is 0 Å². The summed E-state index contributed by atoms with van der Waals surface area (Å²) in [4.78, 5) is 37.6. The summed E-state index contributed by atoms with van der Waals surface area (Å²) in [6, 6.07) is 6.70.